The molecule has 1 atom stereocenters. The molecule has 0 aliphatic carbocycles. The highest BCUT2D eigenvalue weighted by atomic mass is 35.6. The molecular formula is C14H17Cl4N2O+. The van der Waals surface area contributed by atoms with Crippen molar-refractivity contribution < 1.29 is 9.69 Å². The monoisotopic (exact) mass is 369 g/mol. The van der Waals surface area contributed by atoms with Gasteiger partial charge in [0.1, 0.15) is 0 Å². The molecule has 1 fully saturated rings. The van der Waals surface area contributed by atoms with E-state index in [1.54, 1.807) is 24.3 Å². The molecule has 2 N–H and O–H groups in total. The SMILES string of the molecule is O=C(N[C@@H]([NH+]1CCCCC1)C(Cl)(Cl)Cl)c1cccc(Cl)c1. The third-order valence-electron chi connectivity index (χ3n) is 3.59. The number of quaternary nitrogens is 1. The van der Waals surface area contributed by atoms with Crippen molar-refractivity contribution in [1.82, 2.24) is 5.32 Å². The number of hydrogen-bond acceptors (Lipinski definition) is 1. The van der Waals surface area contributed by atoms with Gasteiger partial charge < -0.3 is 4.90 Å². The fourth-order valence-corrected chi connectivity index (χ4v) is 3.37. The van der Waals surface area contributed by atoms with Crippen LogP contribution in [0.15, 0.2) is 24.3 Å². The third-order valence-corrected chi connectivity index (χ3v) is 4.48. The molecule has 1 aromatic rings. The zero-order valence-corrected chi connectivity index (χ0v) is 14.4. The minimum Gasteiger partial charge on any atom is -0.312 e. The van der Waals surface area contributed by atoms with Crippen molar-refractivity contribution in [3.8, 4) is 0 Å². The van der Waals surface area contributed by atoms with E-state index in [9.17, 15) is 4.79 Å². The van der Waals surface area contributed by atoms with Crippen LogP contribution in [0.4, 0.5) is 0 Å². The number of piperidine rings is 1. The van der Waals surface area contributed by atoms with E-state index in [-0.39, 0.29) is 5.91 Å². The summed E-state index contributed by atoms with van der Waals surface area (Å²) in [5.74, 6) is -0.285. The molecule has 7 heteroatoms. The average molecular weight is 371 g/mol. The number of likely N-dealkylation sites (tertiary alicyclic amines) is 1. The molecule has 1 aliphatic rings. The van der Waals surface area contributed by atoms with Crippen molar-refractivity contribution in [2.75, 3.05) is 13.1 Å². The quantitative estimate of drug-likeness (QED) is 0.788. The highest BCUT2D eigenvalue weighted by Gasteiger charge is 2.42. The first-order valence-corrected chi connectivity index (χ1v) is 8.37. The molecule has 1 aromatic carbocycles. The summed E-state index contributed by atoms with van der Waals surface area (Å²) in [5.41, 5.74) is 0.457. The molecule has 0 saturated carbocycles. The Labute approximate surface area is 144 Å². The lowest BCUT2D eigenvalue weighted by atomic mass is 10.1. The number of hydrogen-bond donors (Lipinski definition) is 2. The summed E-state index contributed by atoms with van der Waals surface area (Å²) in [6, 6.07) is 6.70. The average Bonchev–Trinajstić information content (AvgIpc) is 2.44. The van der Waals surface area contributed by atoms with Gasteiger partial charge in [0.05, 0.1) is 13.1 Å². The number of rotatable bonds is 3. The minimum absolute atomic E-state index is 0.285. The lowest BCUT2D eigenvalue weighted by Crippen LogP contribution is -3.20. The smallest absolute Gasteiger partial charge is 0.262 e. The number of nitrogens with one attached hydrogen (secondary N) is 2. The van der Waals surface area contributed by atoms with E-state index in [0.717, 1.165) is 30.8 Å². The number of carbonyl (C=O) groups is 1. The maximum atomic E-state index is 12.3. The Hall–Kier alpha value is -0.190. The Morgan fingerprint density at radius 3 is 2.43 bits per heavy atom. The highest BCUT2D eigenvalue weighted by molar-refractivity contribution is 6.68. The molecule has 1 heterocycles. The van der Waals surface area contributed by atoms with Crippen molar-refractivity contribution in [2.45, 2.75) is 29.2 Å². The van der Waals surface area contributed by atoms with Gasteiger partial charge in [-0.2, -0.15) is 0 Å². The largest absolute Gasteiger partial charge is 0.312 e. The van der Waals surface area contributed by atoms with Gasteiger partial charge in [-0.15, -0.1) is 0 Å². The molecule has 116 valence electrons. The summed E-state index contributed by atoms with van der Waals surface area (Å²) in [6.07, 6.45) is 2.74. The molecule has 21 heavy (non-hydrogen) atoms. The fourth-order valence-electron chi connectivity index (χ4n) is 2.55. The van der Waals surface area contributed by atoms with E-state index in [1.807, 2.05) is 0 Å². The molecule has 0 spiro atoms. The molecule has 0 bridgehead atoms. The van der Waals surface area contributed by atoms with E-state index in [0.29, 0.717) is 10.6 Å². The standard InChI is InChI=1S/C14H16Cl4N2O/c15-11-6-4-5-10(9-11)12(21)19-13(14(16,17)18)20-7-2-1-3-8-20/h4-6,9,13H,1-3,7-8H2,(H,19,21)/p+1/t13-/m0/s1. The van der Waals surface area contributed by atoms with E-state index in [2.05, 4.69) is 5.32 Å². The first-order chi connectivity index (χ1) is 9.88. The van der Waals surface area contributed by atoms with Crippen molar-refractivity contribution in [3.63, 3.8) is 0 Å². The zero-order valence-electron chi connectivity index (χ0n) is 11.3. The maximum absolute atomic E-state index is 12.3. The molecule has 1 amide bonds. The number of halogens is 4. The van der Waals surface area contributed by atoms with E-state index >= 15 is 0 Å². The van der Waals surface area contributed by atoms with Gasteiger partial charge in [-0.05, 0) is 37.5 Å². The first kappa shape index (κ1) is 17.2. The van der Waals surface area contributed by atoms with Crippen molar-refractivity contribution in [1.29, 1.82) is 0 Å². The van der Waals surface area contributed by atoms with Crippen LogP contribution in [0.1, 0.15) is 29.6 Å². The summed E-state index contributed by atoms with van der Waals surface area (Å²) in [6.45, 7) is 1.77. The summed E-state index contributed by atoms with van der Waals surface area (Å²) in [5, 5.41) is 3.34. The molecule has 1 saturated heterocycles. The first-order valence-electron chi connectivity index (χ1n) is 6.85. The molecule has 2 rings (SSSR count). The Kier molecular flexibility index (Phi) is 6.04. The lowest BCUT2D eigenvalue weighted by molar-refractivity contribution is -0.931. The van der Waals surface area contributed by atoms with Crippen LogP contribution in [-0.4, -0.2) is 29.0 Å². The normalized spacial score (nSPS) is 18.3. The van der Waals surface area contributed by atoms with E-state index in [4.69, 9.17) is 46.4 Å². The molecular weight excluding hydrogens is 354 g/mol. The van der Waals surface area contributed by atoms with Crippen LogP contribution in [-0.2, 0) is 0 Å². The Balaban J connectivity index is 2.13. The van der Waals surface area contributed by atoms with Gasteiger partial charge in [-0.25, -0.2) is 0 Å². The topological polar surface area (TPSA) is 33.5 Å². The number of alkyl halides is 3. The van der Waals surface area contributed by atoms with Gasteiger partial charge >= 0.3 is 0 Å². The minimum atomic E-state index is -1.55. The second-order valence-corrected chi connectivity index (χ2v) is 7.98. The maximum Gasteiger partial charge on any atom is 0.262 e. The Morgan fingerprint density at radius 2 is 1.86 bits per heavy atom. The van der Waals surface area contributed by atoms with Crippen molar-refractivity contribution in [3.05, 3.63) is 34.9 Å². The predicted molar refractivity (Wildman–Crippen MR) is 87.5 cm³/mol. The molecule has 0 aromatic heterocycles. The van der Waals surface area contributed by atoms with Gasteiger partial charge in [-0.1, -0.05) is 52.5 Å². The van der Waals surface area contributed by atoms with Gasteiger partial charge in [0.2, 0.25) is 6.17 Å². The lowest BCUT2D eigenvalue weighted by Gasteiger charge is -2.35. The number of carbonyl (C=O) groups excluding carboxylic acids is 1. The van der Waals surface area contributed by atoms with Gasteiger partial charge in [-0.3, -0.25) is 10.1 Å². The number of benzene rings is 1. The highest BCUT2D eigenvalue weighted by Crippen LogP contribution is 2.28. The van der Waals surface area contributed by atoms with Crippen LogP contribution in [0.3, 0.4) is 0 Å². The van der Waals surface area contributed by atoms with Gasteiger partial charge in [0.25, 0.3) is 9.70 Å². The van der Waals surface area contributed by atoms with E-state index in [1.165, 1.54) is 6.42 Å². The van der Waals surface area contributed by atoms with Crippen LogP contribution < -0.4 is 10.2 Å². The molecule has 3 nitrogen and oxygen atoms in total. The van der Waals surface area contributed by atoms with Crippen LogP contribution in [0.2, 0.25) is 5.02 Å². The Bertz CT molecular complexity index is 498. The van der Waals surface area contributed by atoms with Crippen LogP contribution in [0, 0.1) is 0 Å². The summed E-state index contributed by atoms with van der Waals surface area (Å²) >= 11 is 24.1. The summed E-state index contributed by atoms with van der Waals surface area (Å²) < 4.78 is -1.55. The van der Waals surface area contributed by atoms with Crippen LogP contribution >= 0.6 is 46.4 Å². The van der Waals surface area contributed by atoms with Crippen molar-refractivity contribution in [2.24, 2.45) is 0 Å². The van der Waals surface area contributed by atoms with Gasteiger partial charge in [0.15, 0.2) is 0 Å². The molecule has 0 radical (unpaired) electrons. The third kappa shape index (κ3) is 4.90. The van der Waals surface area contributed by atoms with Gasteiger partial charge in [0, 0.05) is 10.6 Å². The van der Waals surface area contributed by atoms with Crippen LogP contribution in [0.25, 0.3) is 0 Å². The summed E-state index contributed by atoms with van der Waals surface area (Å²) in [7, 11) is 0. The second-order valence-electron chi connectivity index (χ2n) is 5.18. The molecule has 1 aliphatic heterocycles. The predicted octanol–water partition coefficient (Wildman–Crippen LogP) is 2.83. The van der Waals surface area contributed by atoms with Crippen LogP contribution in [0.5, 0.6) is 0 Å². The zero-order chi connectivity index (χ0) is 15.5. The Morgan fingerprint density at radius 1 is 1.19 bits per heavy atom. The summed E-state index contributed by atoms with van der Waals surface area (Å²) in [4.78, 5) is 13.4. The number of amides is 1. The second kappa shape index (κ2) is 7.38. The van der Waals surface area contributed by atoms with Crippen molar-refractivity contribution >= 4 is 52.3 Å². The fraction of sp³-hybridized carbons (Fsp3) is 0.500. The molecule has 0 unspecified atom stereocenters. The van der Waals surface area contributed by atoms with E-state index < -0.39 is 9.96 Å².